The molecule has 0 spiro atoms. The van der Waals surface area contributed by atoms with Gasteiger partial charge in [-0.3, -0.25) is 4.79 Å². The summed E-state index contributed by atoms with van der Waals surface area (Å²) < 4.78 is 39.6. The van der Waals surface area contributed by atoms with Crippen molar-refractivity contribution in [3.8, 4) is 0 Å². The number of hydrogen-bond acceptors (Lipinski definition) is 3. The second-order valence-corrected chi connectivity index (χ2v) is 7.03. The van der Waals surface area contributed by atoms with E-state index in [1.807, 2.05) is 24.3 Å². The molecule has 1 fully saturated rings. The molecule has 2 N–H and O–H groups in total. The maximum absolute atomic E-state index is 13.2. The first kappa shape index (κ1) is 17.2. The van der Waals surface area contributed by atoms with Gasteiger partial charge in [0.05, 0.1) is 24.0 Å². The molecule has 0 saturated carbocycles. The largest absolute Gasteiger partial charge is 0.394 e. The van der Waals surface area contributed by atoms with Crippen LogP contribution >= 0.6 is 0 Å². The van der Waals surface area contributed by atoms with Crippen LogP contribution in [0.5, 0.6) is 0 Å². The second-order valence-electron chi connectivity index (χ2n) is 7.03. The van der Waals surface area contributed by atoms with Gasteiger partial charge in [-0.15, -0.1) is 0 Å². The van der Waals surface area contributed by atoms with Gasteiger partial charge in [0.15, 0.2) is 0 Å². The lowest BCUT2D eigenvalue weighted by Crippen LogP contribution is -2.55. The summed E-state index contributed by atoms with van der Waals surface area (Å²) in [6.45, 7) is -0.398. The van der Waals surface area contributed by atoms with E-state index in [0.29, 0.717) is 12.8 Å². The van der Waals surface area contributed by atoms with Gasteiger partial charge in [-0.25, -0.2) is 0 Å². The van der Waals surface area contributed by atoms with Crippen molar-refractivity contribution in [2.75, 3.05) is 26.7 Å². The molecule has 1 amide bonds. The Kier molecular flexibility index (Phi) is 4.34. The van der Waals surface area contributed by atoms with E-state index in [0.717, 1.165) is 11.1 Å². The SMILES string of the molecule is CN1C[C@@H](C(F)(F)F)[C@H](C(=O)NC2(CO)Cc3ccccc3C2)C1. The maximum Gasteiger partial charge on any atom is 0.393 e. The van der Waals surface area contributed by atoms with Crippen LogP contribution in [0.3, 0.4) is 0 Å². The Bertz CT molecular complexity index is 608. The van der Waals surface area contributed by atoms with Crippen molar-refractivity contribution in [3.63, 3.8) is 0 Å². The zero-order valence-electron chi connectivity index (χ0n) is 13.4. The summed E-state index contributed by atoms with van der Waals surface area (Å²) in [7, 11) is 1.58. The van der Waals surface area contributed by atoms with Crippen LogP contribution in [-0.4, -0.2) is 54.4 Å². The number of nitrogens with zero attached hydrogens (tertiary/aromatic N) is 1. The minimum absolute atomic E-state index is 0.0739. The maximum atomic E-state index is 13.2. The second kappa shape index (κ2) is 6.04. The van der Waals surface area contributed by atoms with E-state index < -0.39 is 29.5 Å². The van der Waals surface area contributed by atoms with Crippen molar-refractivity contribution in [2.45, 2.75) is 24.6 Å². The van der Waals surface area contributed by atoms with E-state index in [1.165, 1.54) is 4.90 Å². The monoisotopic (exact) mass is 342 g/mol. The molecule has 0 radical (unpaired) electrons. The molecule has 1 aromatic rings. The van der Waals surface area contributed by atoms with Crippen molar-refractivity contribution in [1.82, 2.24) is 10.2 Å². The number of nitrogens with one attached hydrogen (secondary N) is 1. The predicted molar refractivity (Wildman–Crippen MR) is 82.3 cm³/mol. The van der Waals surface area contributed by atoms with Crippen molar-refractivity contribution in [1.29, 1.82) is 0 Å². The van der Waals surface area contributed by atoms with E-state index in [4.69, 9.17) is 0 Å². The Morgan fingerprint density at radius 1 is 1.29 bits per heavy atom. The Balaban J connectivity index is 1.76. The molecule has 1 saturated heterocycles. The molecule has 1 aliphatic heterocycles. The topological polar surface area (TPSA) is 52.6 Å². The van der Waals surface area contributed by atoms with Crippen molar-refractivity contribution in [3.05, 3.63) is 35.4 Å². The Hall–Kier alpha value is -1.60. The lowest BCUT2D eigenvalue weighted by Gasteiger charge is -2.31. The van der Waals surface area contributed by atoms with E-state index in [1.54, 1.807) is 7.05 Å². The van der Waals surface area contributed by atoms with Gasteiger partial charge in [-0.2, -0.15) is 13.2 Å². The highest BCUT2D eigenvalue weighted by Gasteiger charge is 2.52. The molecule has 1 aromatic carbocycles. The summed E-state index contributed by atoms with van der Waals surface area (Å²) in [6, 6.07) is 7.58. The minimum Gasteiger partial charge on any atom is -0.394 e. The summed E-state index contributed by atoms with van der Waals surface area (Å²) >= 11 is 0. The van der Waals surface area contributed by atoms with Crippen LogP contribution in [-0.2, 0) is 17.6 Å². The van der Waals surface area contributed by atoms with Crippen LogP contribution < -0.4 is 5.32 Å². The summed E-state index contributed by atoms with van der Waals surface area (Å²) in [5.74, 6) is -3.42. The third-order valence-corrected chi connectivity index (χ3v) is 5.13. The molecular formula is C17H21F3N2O2. The lowest BCUT2D eigenvalue weighted by atomic mass is 9.91. The number of benzene rings is 1. The first-order valence-electron chi connectivity index (χ1n) is 7.99. The van der Waals surface area contributed by atoms with Gasteiger partial charge in [0.1, 0.15) is 0 Å². The van der Waals surface area contributed by atoms with Gasteiger partial charge in [0.2, 0.25) is 5.91 Å². The third kappa shape index (κ3) is 3.15. The van der Waals surface area contributed by atoms with Gasteiger partial charge in [-0.05, 0) is 31.0 Å². The van der Waals surface area contributed by atoms with E-state index in [2.05, 4.69) is 5.32 Å². The molecule has 0 bridgehead atoms. The van der Waals surface area contributed by atoms with E-state index in [-0.39, 0.29) is 19.7 Å². The number of halogens is 3. The molecule has 2 aliphatic rings. The van der Waals surface area contributed by atoms with Gasteiger partial charge >= 0.3 is 6.18 Å². The van der Waals surface area contributed by atoms with E-state index in [9.17, 15) is 23.1 Å². The van der Waals surface area contributed by atoms with Crippen LogP contribution in [0.1, 0.15) is 11.1 Å². The molecule has 7 heteroatoms. The Morgan fingerprint density at radius 3 is 2.38 bits per heavy atom. The van der Waals surface area contributed by atoms with Crippen LogP contribution in [0.25, 0.3) is 0 Å². The molecule has 0 aromatic heterocycles. The van der Waals surface area contributed by atoms with Gasteiger partial charge in [0, 0.05) is 13.1 Å². The molecule has 1 aliphatic carbocycles. The van der Waals surface area contributed by atoms with Crippen LogP contribution in [0.15, 0.2) is 24.3 Å². The standard InChI is InChI=1S/C17H21F3N2O2/c1-22-8-13(14(9-22)17(18,19)20)15(24)21-16(10-23)6-11-4-2-3-5-12(11)7-16/h2-5,13-14,23H,6-10H2,1H3,(H,21,24)/t13-,14-/m1/s1. The molecular weight excluding hydrogens is 321 g/mol. The number of carbonyl (C=O) groups is 1. The zero-order valence-corrected chi connectivity index (χ0v) is 13.4. The molecule has 0 unspecified atom stereocenters. The zero-order chi connectivity index (χ0) is 17.5. The van der Waals surface area contributed by atoms with Crippen molar-refractivity contribution in [2.24, 2.45) is 11.8 Å². The molecule has 3 rings (SSSR count). The van der Waals surface area contributed by atoms with Crippen LogP contribution in [0.2, 0.25) is 0 Å². The van der Waals surface area contributed by atoms with E-state index >= 15 is 0 Å². The van der Waals surface area contributed by atoms with Gasteiger partial charge in [0.25, 0.3) is 0 Å². The number of alkyl halides is 3. The normalized spacial score (nSPS) is 26.4. The van der Waals surface area contributed by atoms with Crippen LogP contribution in [0.4, 0.5) is 13.2 Å². The fraction of sp³-hybridized carbons (Fsp3) is 0.588. The summed E-state index contributed by atoms with van der Waals surface area (Å²) in [5, 5.41) is 12.5. The number of carbonyl (C=O) groups excluding carboxylic acids is 1. The quantitative estimate of drug-likeness (QED) is 0.872. The molecule has 2 atom stereocenters. The summed E-state index contributed by atoms with van der Waals surface area (Å²) in [6.07, 6.45) is -3.53. The number of aliphatic hydroxyl groups excluding tert-OH is 1. The number of aliphatic hydroxyl groups is 1. The number of amides is 1. The highest BCUT2D eigenvalue weighted by molar-refractivity contribution is 5.81. The van der Waals surface area contributed by atoms with Crippen molar-refractivity contribution >= 4 is 5.91 Å². The predicted octanol–water partition coefficient (Wildman–Crippen LogP) is 1.37. The fourth-order valence-electron chi connectivity index (χ4n) is 3.89. The Morgan fingerprint density at radius 2 is 1.88 bits per heavy atom. The fourth-order valence-corrected chi connectivity index (χ4v) is 3.89. The molecule has 132 valence electrons. The molecule has 4 nitrogen and oxygen atoms in total. The average Bonchev–Trinajstić information content (AvgIpc) is 3.07. The smallest absolute Gasteiger partial charge is 0.393 e. The summed E-state index contributed by atoms with van der Waals surface area (Å²) in [5.41, 5.74) is 1.13. The molecule has 1 heterocycles. The van der Waals surface area contributed by atoms with Crippen LogP contribution in [0, 0.1) is 11.8 Å². The average molecular weight is 342 g/mol. The molecule has 24 heavy (non-hydrogen) atoms. The number of fused-ring (bicyclic) bond motifs is 1. The number of hydrogen-bond donors (Lipinski definition) is 2. The van der Waals surface area contributed by atoms with Gasteiger partial charge < -0.3 is 15.3 Å². The first-order valence-corrected chi connectivity index (χ1v) is 7.99. The first-order chi connectivity index (χ1) is 11.2. The summed E-state index contributed by atoms with van der Waals surface area (Å²) in [4.78, 5) is 14.1. The number of rotatable bonds is 3. The number of likely N-dealkylation sites (tertiary alicyclic amines) is 1. The third-order valence-electron chi connectivity index (χ3n) is 5.13. The minimum atomic E-state index is -4.40. The Labute approximate surface area is 138 Å². The lowest BCUT2D eigenvalue weighted by molar-refractivity contribution is -0.183. The highest BCUT2D eigenvalue weighted by atomic mass is 19.4. The highest BCUT2D eigenvalue weighted by Crippen LogP contribution is 2.38. The van der Waals surface area contributed by atoms with Gasteiger partial charge in [-0.1, -0.05) is 24.3 Å². The van der Waals surface area contributed by atoms with Crippen molar-refractivity contribution < 1.29 is 23.1 Å².